The maximum atomic E-state index is 12.5. The van der Waals surface area contributed by atoms with Crippen LogP contribution in [-0.4, -0.2) is 33.8 Å². The van der Waals surface area contributed by atoms with Crippen molar-refractivity contribution in [3.05, 3.63) is 20.7 Å². The molecular formula is C13H19N3O3S. The predicted octanol–water partition coefficient (Wildman–Crippen LogP) is 0.698. The molecule has 2 N–H and O–H groups in total. The van der Waals surface area contributed by atoms with Crippen LogP contribution in [0.15, 0.2) is 10.2 Å². The van der Waals surface area contributed by atoms with E-state index < -0.39 is 12.1 Å². The fourth-order valence-electron chi connectivity index (χ4n) is 2.41. The summed E-state index contributed by atoms with van der Waals surface area (Å²) in [5.41, 5.74) is 0.670. The number of carbonyl (C=O) groups is 2. The number of piperazine rings is 1. The number of aromatic amines is 1. The Morgan fingerprint density at radius 2 is 2.05 bits per heavy atom. The number of aromatic nitrogens is 1. The van der Waals surface area contributed by atoms with E-state index in [1.165, 1.54) is 0 Å². The number of rotatable bonds is 4. The molecule has 0 spiro atoms. The molecule has 0 aromatic carbocycles. The molecule has 20 heavy (non-hydrogen) atoms. The summed E-state index contributed by atoms with van der Waals surface area (Å²) in [6, 6.07) is -0.962. The molecule has 2 rings (SSSR count). The van der Waals surface area contributed by atoms with E-state index in [4.69, 9.17) is 0 Å². The van der Waals surface area contributed by atoms with Gasteiger partial charge >= 0.3 is 4.87 Å². The average Bonchev–Trinajstić information content (AvgIpc) is 2.79. The minimum atomic E-state index is -0.490. The first-order valence-electron chi connectivity index (χ1n) is 6.71. The lowest BCUT2D eigenvalue weighted by molar-refractivity contribution is -0.151. The molecule has 6 nitrogen and oxygen atoms in total. The highest BCUT2D eigenvalue weighted by molar-refractivity contribution is 7.07. The zero-order valence-corrected chi connectivity index (χ0v) is 12.6. The van der Waals surface area contributed by atoms with E-state index in [1.807, 2.05) is 20.8 Å². The van der Waals surface area contributed by atoms with E-state index in [1.54, 1.807) is 10.3 Å². The van der Waals surface area contributed by atoms with Gasteiger partial charge in [-0.1, -0.05) is 32.1 Å². The van der Waals surface area contributed by atoms with Crippen LogP contribution in [0.2, 0.25) is 0 Å². The molecule has 2 heterocycles. The Hall–Kier alpha value is -1.63. The van der Waals surface area contributed by atoms with Gasteiger partial charge in [-0.15, -0.1) is 0 Å². The van der Waals surface area contributed by atoms with Gasteiger partial charge in [0, 0.05) is 11.1 Å². The van der Waals surface area contributed by atoms with Crippen molar-refractivity contribution in [2.45, 2.75) is 45.8 Å². The molecule has 1 saturated heterocycles. The van der Waals surface area contributed by atoms with Crippen molar-refractivity contribution >= 4 is 23.2 Å². The van der Waals surface area contributed by atoms with Crippen LogP contribution in [0.1, 0.15) is 32.9 Å². The third-order valence-corrected chi connectivity index (χ3v) is 4.21. The van der Waals surface area contributed by atoms with Crippen LogP contribution >= 0.6 is 11.3 Å². The third kappa shape index (κ3) is 2.77. The largest absolute Gasteiger partial charge is 0.342 e. The van der Waals surface area contributed by atoms with Gasteiger partial charge in [0.15, 0.2) is 0 Å². The maximum Gasteiger partial charge on any atom is 0.304 e. The van der Waals surface area contributed by atoms with Gasteiger partial charge in [0.25, 0.3) is 0 Å². The van der Waals surface area contributed by atoms with E-state index >= 15 is 0 Å². The number of amides is 2. The number of thiazole rings is 1. The van der Waals surface area contributed by atoms with Crippen molar-refractivity contribution in [2.24, 2.45) is 5.92 Å². The summed E-state index contributed by atoms with van der Waals surface area (Å²) in [7, 11) is 0. The van der Waals surface area contributed by atoms with Crippen LogP contribution in [-0.2, 0) is 16.1 Å². The second-order valence-electron chi connectivity index (χ2n) is 5.29. The van der Waals surface area contributed by atoms with E-state index in [-0.39, 0.29) is 29.1 Å². The monoisotopic (exact) mass is 297 g/mol. The summed E-state index contributed by atoms with van der Waals surface area (Å²) in [5, 5.41) is 4.48. The molecule has 0 radical (unpaired) electrons. The number of nitrogens with zero attached hydrogens (tertiary/aromatic N) is 1. The average molecular weight is 297 g/mol. The lowest BCUT2D eigenvalue weighted by Crippen LogP contribution is -2.64. The number of hydrogen-bond acceptors (Lipinski definition) is 4. The van der Waals surface area contributed by atoms with Crippen molar-refractivity contribution in [2.75, 3.05) is 0 Å². The van der Waals surface area contributed by atoms with Crippen LogP contribution < -0.4 is 10.2 Å². The smallest absolute Gasteiger partial charge is 0.304 e. The van der Waals surface area contributed by atoms with Crippen molar-refractivity contribution in [1.82, 2.24) is 15.2 Å². The van der Waals surface area contributed by atoms with Gasteiger partial charge in [0.1, 0.15) is 12.1 Å². The molecule has 0 bridgehead atoms. The van der Waals surface area contributed by atoms with E-state index in [0.717, 1.165) is 11.3 Å². The molecular weight excluding hydrogens is 278 g/mol. The third-order valence-electron chi connectivity index (χ3n) is 3.49. The Morgan fingerprint density at radius 3 is 2.55 bits per heavy atom. The second kappa shape index (κ2) is 5.78. The van der Waals surface area contributed by atoms with Crippen LogP contribution in [0.25, 0.3) is 0 Å². The molecule has 1 aromatic heterocycles. The SMILES string of the molecule is CCC1C(=O)NC(C(C)C)C(=O)N1Cc1csc(=O)[nH]1. The molecule has 0 aliphatic carbocycles. The Kier molecular flexibility index (Phi) is 4.27. The maximum absolute atomic E-state index is 12.5. The number of hydrogen-bond donors (Lipinski definition) is 2. The summed E-state index contributed by atoms with van der Waals surface area (Å²) in [6.45, 7) is 5.95. The first-order chi connectivity index (χ1) is 9.43. The standard InChI is InChI=1S/C13H19N3O3S/c1-4-9-11(17)15-10(7(2)3)12(18)16(9)5-8-6-20-13(19)14-8/h6-7,9-10H,4-5H2,1-3H3,(H,14,19)(H,15,17). The second-order valence-corrected chi connectivity index (χ2v) is 6.14. The van der Waals surface area contributed by atoms with E-state index in [2.05, 4.69) is 10.3 Å². The van der Waals surface area contributed by atoms with Crippen molar-refractivity contribution in [3.8, 4) is 0 Å². The number of nitrogens with one attached hydrogen (secondary N) is 2. The van der Waals surface area contributed by atoms with Crippen LogP contribution in [0.4, 0.5) is 0 Å². The predicted molar refractivity (Wildman–Crippen MR) is 76.3 cm³/mol. The molecule has 7 heteroatoms. The summed E-state index contributed by atoms with van der Waals surface area (Å²) < 4.78 is 0. The number of carbonyl (C=O) groups excluding carboxylic acids is 2. The van der Waals surface area contributed by atoms with Gasteiger partial charge in [-0.05, 0) is 12.3 Å². The summed E-state index contributed by atoms with van der Waals surface area (Å²) in [4.78, 5) is 39.9. The minimum Gasteiger partial charge on any atom is -0.342 e. The Balaban J connectivity index is 2.26. The van der Waals surface area contributed by atoms with Crippen molar-refractivity contribution < 1.29 is 9.59 Å². The quantitative estimate of drug-likeness (QED) is 0.858. The normalized spacial score (nSPS) is 23.3. The topological polar surface area (TPSA) is 82.3 Å². The van der Waals surface area contributed by atoms with Crippen LogP contribution in [0.3, 0.4) is 0 Å². The Bertz CT molecular complexity index is 563. The van der Waals surface area contributed by atoms with Gasteiger partial charge < -0.3 is 15.2 Å². The highest BCUT2D eigenvalue weighted by Crippen LogP contribution is 2.19. The summed E-state index contributed by atoms with van der Waals surface area (Å²) in [6.07, 6.45) is 0.552. The lowest BCUT2D eigenvalue weighted by atomic mass is 9.97. The number of H-pyrrole nitrogens is 1. The zero-order chi connectivity index (χ0) is 14.9. The van der Waals surface area contributed by atoms with E-state index in [0.29, 0.717) is 12.1 Å². The minimum absolute atomic E-state index is 0.0354. The molecule has 2 atom stereocenters. The van der Waals surface area contributed by atoms with Gasteiger partial charge in [-0.3, -0.25) is 14.4 Å². The molecule has 2 amide bonds. The molecule has 110 valence electrons. The molecule has 0 saturated carbocycles. The first-order valence-corrected chi connectivity index (χ1v) is 7.59. The van der Waals surface area contributed by atoms with Crippen LogP contribution in [0.5, 0.6) is 0 Å². The molecule has 1 fully saturated rings. The van der Waals surface area contributed by atoms with E-state index in [9.17, 15) is 14.4 Å². The van der Waals surface area contributed by atoms with Crippen molar-refractivity contribution in [1.29, 1.82) is 0 Å². The van der Waals surface area contributed by atoms with Gasteiger partial charge in [-0.2, -0.15) is 0 Å². The van der Waals surface area contributed by atoms with Crippen LogP contribution in [0, 0.1) is 5.92 Å². The van der Waals surface area contributed by atoms with Gasteiger partial charge in [0.2, 0.25) is 11.8 Å². The summed E-state index contributed by atoms with van der Waals surface area (Å²) >= 11 is 1.06. The molecule has 1 aliphatic rings. The fourth-order valence-corrected chi connectivity index (χ4v) is 2.98. The molecule has 2 unspecified atom stereocenters. The lowest BCUT2D eigenvalue weighted by Gasteiger charge is -2.39. The highest BCUT2D eigenvalue weighted by atomic mass is 32.1. The molecule has 1 aliphatic heterocycles. The Morgan fingerprint density at radius 1 is 1.35 bits per heavy atom. The fraction of sp³-hybridized carbons (Fsp3) is 0.615. The molecule has 1 aromatic rings. The van der Waals surface area contributed by atoms with Crippen molar-refractivity contribution in [3.63, 3.8) is 0 Å². The first kappa shape index (κ1) is 14.8. The summed E-state index contributed by atoms with van der Waals surface area (Å²) in [5.74, 6) is -0.171. The van der Waals surface area contributed by atoms with Gasteiger partial charge in [0.05, 0.1) is 6.54 Å². The van der Waals surface area contributed by atoms with Gasteiger partial charge in [-0.25, -0.2) is 0 Å². The zero-order valence-electron chi connectivity index (χ0n) is 11.8. The highest BCUT2D eigenvalue weighted by Gasteiger charge is 2.40. The Labute approximate surface area is 121 Å².